The van der Waals surface area contributed by atoms with Crippen molar-refractivity contribution in [2.45, 2.75) is 65.6 Å². The largest absolute Gasteiger partial charge is 0.356 e. The number of hydrogen-bond donors (Lipinski definition) is 3. The van der Waals surface area contributed by atoms with E-state index in [1.54, 1.807) is 20.8 Å². The summed E-state index contributed by atoms with van der Waals surface area (Å²) < 4.78 is 27.5. The van der Waals surface area contributed by atoms with E-state index in [1.807, 2.05) is 13.8 Å². The number of hydrogen-bond acceptors (Lipinski definition) is 6. The molecule has 2 saturated heterocycles. The maximum absolute atomic E-state index is 13.7. The van der Waals surface area contributed by atoms with Crippen molar-refractivity contribution in [1.29, 1.82) is 5.26 Å². The number of nitriles is 1. The number of piperidine rings is 1. The smallest absolute Gasteiger partial charge is 0.244 e. The maximum Gasteiger partial charge on any atom is 0.244 e. The van der Waals surface area contributed by atoms with Crippen molar-refractivity contribution < 1.29 is 22.8 Å². The molecular weight excluding hydrogens is 470 g/mol. The summed E-state index contributed by atoms with van der Waals surface area (Å²) >= 11 is 0. The fraction of sp³-hybridized carbons (Fsp3) is 0.750. The number of carbonyl (C=O) groups is 3. The molecule has 1 saturated carbocycles. The van der Waals surface area contributed by atoms with Gasteiger partial charge in [-0.25, -0.2) is 13.1 Å². The van der Waals surface area contributed by atoms with Gasteiger partial charge in [-0.2, -0.15) is 5.26 Å². The summed E-state index contributed by atoms with van der Waals surface area (Å²) in [6, 6.07) is -0.677. The van der Waals surface area contributed by atoms with Crippen molar-refractivity contribution in [3.8, 4) is 6.07 Å². The van der Waals surface area contributed by atoms with Crippen molar-refractivity contribution in [2.24, 2.45) is 28.6 Å². The molecule has 10 nitrogen and oxygen atoms in total. The SMILES string of the molecule is C=CCS(=O)(=O)N[C@H](C(=O)N1C[C@H]2[C@@H]([C@H]1C(=O)N[C@H](C#N)C[C@@H]1CCNC1=O)C2(C)C)C(C)(C)C. The van der Waals surface area contributed by atoms with Gasteiger partial charge in [-0.05, 0) is 35.5 Å². The number of nitrogens with zero attached hydrogens (tertiary/aromatic N) is 2. The molecule has 35 heavy (non-hydrogen) atoms. The Hall–Kier alpha value is -2.45. The summed E-state index contributed by atoms with van der Waals surface area (Å²) in [4.78, 5) is 40.6. The Bertz CT molecular complexity index is 1040. The number of rotatable bonds is 9. The zero-order valence-corrected chi connectivity index (χ0v) is 21.9. The average molecular weight is 508 g/mol. The molecule has 6 atom stereocenters. The van der Waals surface area contributed by atoms with Crippen molar-refractivity contribution in [3.63, 3.8) is 0 Å². The molecule has 0 bridgehead atoms. The molecule has 3 amide bonds. The van der Waals surface area contributed by atoms with Gasteiger partial charge in [-0.15, -0.1) is 6.58 Å². The standard InChI is InChI=1S/C24H37N5O5S/c1-7-10-35(33,34)28-19(23(2,3)4)22(32)29-13-16-17(24(16,5)6)18(29)21(31)27-15(12-25)11-14-8-9-26-20(14)30/h7,14-19,28H,1,8-11,13H2,2-6H3,(H,26,30)(H,27,31)/t14-,15-,16-,17-,18-,19+/m0/s1. The molecule has 1 aliphatic carbocycles. The lowest BCUT2D eigenvalue weighted by Crippen LogP contribution is -2.60. The number of amides is 3. The molecule has 0 unspecified atom stereocenters. The van der Waals surface area contributed by atoms with Crippen molar-refractivity contribution in [1.82, 2.24) is 20.3 Å². The first kappa shape index (κ1) is 27.1. The minimum atomic E-state index is -3.79. The Kier molecular flexibility index (Phi) is 7.40. The zero-order valence-electron chi connectivity index (χ0n) is 21.1. The molecule has 11 heteroatoms. The van der Waals surface area contributed by atoms with Crippen LogP contribution in [0.3, 0.4) is 0 Å². The molecule has 2 heterocycles. The summed E-state index contributed by atoms with van der Waals surface area (Å²) in [5, 5.41) is 15.1. The van der Waals surface area contributed by atoms with Gasteiger partial charge in [0.25, 0.3) is 0 Å². The highest BCUT2D eigenvalue weighted by Crippen LogP contribution is 2.65. The van der Waals surface area contributed by atoms with Crippen molar-refractivity contribution in [2.75, 3.05) is 18.8 Å². The van der Waals surface area contributed by atoms with E-state index in [0.29, 0.717) is 19.5 Å². The molecular formula is C24H37N5O5S. The molecule has 194 valence electrons. The van der Waals surface area contributed by atoms with E-state index >= 15 is 0 Å². The third-order valence-electron chi connectivity index (χ3n) is 7.66. The molecule has 3 fully saturated rings. The third-order valence-corrected chi connectivity index (χ3v) is 8.93. The highest BCUT2D eigenvalue weighted by Gasteiger charge is 2.69. The van der Waals surface area contributed by atoms with Crippen LogP contribution >= 0.6 is 0 Å². The Balaban J connectivity index is 1.82. The second-order valence-electron chi connectivity index (χ2n) is 11.6. The van der Waals surface area contributed by atoms with Crippen LogP contribution in [-0.4, -0.2) is 68.0 Å². The topological polar surface area (TPSA) is 148 Å². The van der Waals surface area contributed by atoms with Crippen LogP contribution < -0.4 is 15.4 Å². The lowest BCUT2D eigenvalue weighted by Gasteiger charge is -2.37. The van der Waals surface area contributed by atoms with Gasteiger partial charge in [0.2, 0.25) is 27.7 Å². The van der Waals surface area contributed by atoms with Gasteiger partial charge in [0, 0.05) is 19.0 Å². The van der Waals surface area contributed by atoms with Gasteiger partial charge in [0.15, 0.2) is 0 Å². The zero-order chi connectivity index (χ0) is 26.3. The number of fused-ring (bicyclic) bond motifs is 1. The van der Waals surface area contributed by atoms with Gasteiger partial charge in [-0.3, -0.25) is 14.4 Å². The van der Waals surface area contributed by atoms with E-state index in [9.17, 15) is 28.1 Å². The molecule has 3 N–H and O–H groups in total. The highest BCUT2D eigenvalue weighted by molar-refractivity contribution is 7.89. The van der Waals surface area contributed by atoms with Crippen LogP contribution in [0.4, 0.5) is 0 Å². The van der Waals surface area contributed by atoms with E-state index in [2.05, 4.69) is 28.0 Å². The lowest BCUT2D eigenvalue weighted by atomic mass is 9.86. The fourth-order valence-corrected chi connectivity index (χ4v) is 6.73. The molecule has 0 spiro atoms. The fourth-order valence-electron chi connectivity index (χ4n) is 5.51. The van der Waals surface area contributed by atoms with E-state index in [4.69, 9.17) is 0 Å². The quantitative estimate of drug-likeness (QED) is 0.388. The molecule has 3 rings (SSSR count). The monoisotopic (exact) mass is 507 g/mol. The Morgan fingerprint density at radius 3 is 2.54 bits per heavy atom. The first-order valence-corrected chi connectivity index (χ1v) is 13.7. The molecule has 0 aromatic rings. The molecule has 0 aromatic carbocycles. The van der Waals surface area contributed by atoms with Crippen LogP contribution in [0.25, 0.3) is 0 Å². The Morgan fingerprint density at radius 2 is 2.03 bits per heavy atom. The number of carbonyl (C=O) groups excluding carboxylic acids is 3. The minimum absolute atomic E-state index is 0.0917. The maximum atomic E-state index is 13.7. The van der Waals surface area contributed by atoms with Gasteiger partial charge in [-0.1, -0.05) is 40.7 Å². The van der Waals surface area contributed by atoms with Crippen LogP contribution in [0.1, 0.15) is 47.5 Å². The van der Waals surface area contributed by atoms with E-state index in [1.165, 1.54) is 11.0 Å². The second kappa shape index (κ2) is 9.54. The predicted octanol–water partition coefficient (Wildman–Crippen LogP) is 0.524. The first-order valence-electron chi connectivity index (χ1n) is 12.0. The third kappa shape index (κ3) is 5.54. The van der Waals surface area contributed by atoms with Gasteiger partial charge in [0.05, 0.1) is 11.8 Å². The van der Waals surface area contributed by atoms with Crippen LogP contribution in [0.5, 0.6) is 0 Å². The average Bonchev–Trinajstić information content (AvgIpc) is 3.10. The van der Waals surface area contributed by atoms with Crippen molar-refractivity contribution >= 4 is 27.7 Å². The van der Waals surface area contributed by atoms with Gasteiger partial charge in [0.1, 0.15) is 18.1 Å². The summed E-state index contributed by atoms with van der Waals surface area (Å²) in [6.45, 7) is 13.7. The predicted molar refractivity (Wildman–Crippen MR) is 130 cm³/mol. The molecule has 0 aromatic heterocycles. The van der Waals surface area contributed by atoms with E-state index < -0.39 is 45.4 Å². The van der Waals surface area contributed by atoms with Crippen LogP contribution in [0.2, 0.25) is 0 Å². The number of sulfonamides is 1. The highest BCUT2D eigenvalue weighted by atomic mass is 32.2. The molecule has 2 aliphatic heterocycles. The minimum Gasteiger partial charge on any atom is -0.356 e. The summed E-state index contributed by atoms with van der Waals surface area (Å²) in [5.74, 6) is -1.68. The lowest BCUT2D eigenvalue weighted by molar-refractivity contribution is -0.143. The molecule has 0 radical (unpaired) electrons. The molecule has 3 aliphatic rings. The van der Waals surface area contributed by atoms with Crippen molar-refractivity contribution in [3.05, 3.63) is 12.7 Å². The summed E-state index contributed by atoms with van der Waals surface area (Å²) in [7, 11) is -3.79. The van der Waals surface area contributed by atoms with Crippen LogP contribution in [0.15, 0.2) is 12.7 Å². The normalized spacial score (nSPS) is 28.9. The van der Waals surface area contributed by atoms with E-state index in [-0.39, 0.29) is 41.2 Å². The summed E-state index contributed by atoms with van der Waals surface area (Å²) in [6.07, 6.45) is 2.07. The van der Waals surface area contributed by atoms with Gasteiger partial charge < -0.3 is 15.5 Å². The van der Waals surface area contributed by atoms with Crippen LogP contribution in [0, 0.1) is 39.9 Å². The van der Waals surface area contributed by atoms with Crippen LogP contribution in [-0.2, 0) is 24.4 Å². The second-order valence-corrected chi connectivity index (χ2v) is 13.4. The summed E-state index contributed by atoms with van der Waals surface area (Å²) in [5.41, 5.74) is -0.897. The first-order chi connectivity index (χ1) is 16.1. The number of nitrogens with one attached hydrogen (secondary N) is 3. The Morgan fingerprint density at radius 1 is 1.37 bits per heavy atom. The number of likely N-dealkylation sites (tertiary alicyclic amines) is 1. The Labute approximate surface area is 207 Å². The van der Waals surface area contributed by atoms with E-state index in [0.717, 1.165) is 0 Å². The van der Waals surface area contributed by atoms with Gasteiger partial charge >= 0.3 is 0 Å².